The van der Waals surface area contributed by atoms with Gasteiger partial charge in [-0.3, -0.25) is 4.79 Å². The smallest absolute Gasteiger partial charge is 0.311 e. The van der Waals surface area contributed by atoms with E-state index in [1.807, 2.05) is 19.1 Å². The summed E-state index contributed by atoms with van der Waals surface area (Å²) in [5, 5.41) is 0. The van der Waals surface area contributed by atoms with E-state index >= 15 is 0 Å². The van der Waals surface area contributed by atoms with Crippen LogP contribution in [0.5, 0.6) is 0 Å². The molecule has 2 rings (SSSR count). The van der Waals surface area contributed by atoms with Gasteiger partial charge in [0.15, 0.2) is 0 Å². The van der Waals surface area contributed by atoms with Crippen LogP contribution >= 0.6 is 0 Å². The van der Waals surface area contributed by atoms with Crippen molar-refractivity contribution in [3.8, 4) is 0 Å². The Bertz CT molecular complexity index is 246. The number of carbonyl (C=O) groups is 1. The van der Waals surface area contributed by atoms with Gasteiger partial charge in [-0.25, -0.2) is 0 Å². The van der Waals surface area contributed by atoms with Crippen molar-refractivity contribution in [3.63, 3.8) is 0 Å². The second-order valence-electron chi connectivity index (χ2n) is 3.59. The van der Waals surface area contributed by atoms with E-state index in [-0.39, 0.29) is 23.6 Å². The van der Waals surface area contributed by atoms with Gasteiger partial charge in [-0.1, -0.05) is 12.2 Å². The Morgan fingerprint density at radius 1 is 1.75 bits per heavy atom. The molecule has 0 spiro atoms. The van der Waals surface area contributed by atoms with Gasteiger partial charge in [0.1, 0.15) is 0 Å². The number of ether oxygens (including phenoxy) is 2. The third kappa shape index (κ3) is 0.966. The fraction of sp³-hybridized carbons (Fsp3) is 0.667. The summed E-state index contributed by atoms with van der Waals surface area (Å²) in [4.78, 5) is 11.2. The summed E-state index contributed by atoms with van der Waals surface area (Å²) < 4.78 is 10.3. The number of hydrogen-bond donors (Lipinski definition) is 0. The lowest BCUT2D eigenvalue weighted by Gasteiger charge is -2.16. The molecule has 0 radical (unpaired) electrons. The fourth-order valence-electron chi connectivity index (χ4n) is 1.94. The molecule has 0 aromatic heterocycles. The van der Waals surface area contributed by atoms with Gasteiger partial charge in [-0.15, -0.1) is 0 Å². The molecule has 3 heteroatoms. The summed E-state index contributed by atoms with van der Waals surface area (Å²) in [5.74, 6) is -0.252. The molecule has 0 aromatic rings. The molecule has 0 N–H and O–H groups in total. The van der Waals surface area contributed by atoms with Crippen molar-refractivity contribution < 1.29 is 14.3 Å². The predicted octanol–water partition coefficient (Wildman–Crippen LogP) is 0.893. The maximum atomic E-state index is 11.2. The lowest BCUT2D eigenvalue weighted by Crippen LogP contribution is -2.25. The molecule has 2 heterocycles. The van der Waals surface area contributed by atoms with Crippen molar-refractivity contribution >= 4 is 5.97 Å². The molecule has 0 saturated carbocycles. The minimum Gasteiger partial charge on any atom is -0.469 e. The summed E-state index contributed by atoms with van der Waals surface area (Å²) in [6.07, 6.45) is 4.67. The van der Waals surface area contributed by atoms with E-state index in [1.165, 1.54) is 7.11 Å². The number of rotatable bonds is 1. The zero-order valence-corrected chi connectivity index (χ0v) is 7.24. The Morgan fingerprint density at radius 3 is 2.92 bits per heavy atom. The van der Waals surface area contributed by atoms with Crippen molar-refractivity contribution in [3.05, 3.63) is 12.2 Å². The molecule has 2 aliphatic rings. The maximum Gasteiger partial charge on any atom is 0.311 e. The highest BCUT2D eigenvalue weighted by Gasteiger charge is 2.48. The first kappa shape index (κ1) is 7.80. The lowest BCUT2D eigenvalue weighted by atomic mass is 9.88. The van der Waals surface area contributed by atoms with Gasteiger partial charge in [0.2, 0.25) is 0 Å². The Labute approximate surface area is 71.3 Å². The molecule has 3 atom stereocenters. The summed E-state index contributed by atoms with van der Waals surface area (Å²) in [7, 11) is 1.42. The largest absolute Gasteiger partial charge is 0.469 e. The van der Waals surface area contributed by atoms with Crippen LogP contribution in [0.25, 0.3) is 0 Å². The second-order valence-corrected chi connectivity index (χ2v) is 3.59. The van der Waals surface area contributed by atoms with E-state index in [0.29, 0.717) is 0 Å². The van der Waals surface area contributed by atoms with Gasteiger partial charge in [-0.05, 0) is 13.3 Å². The molecule has 1 saturated heterocycles. The number of esters is 1. The molecule has 2 aliphatic heterocycles. The number of carbonyl (C=O) groups excluding carboxylic acids is 1. The first-order valence-corrected chi connectivity index (χ1v) is 4.10. The Morgan fingerprint density at radius 2 is 2.50 bits per heavy atom. The third-order valence-corrected chi connectivity index (χ3v) is 2.57. The first-order chi connectivity index (χ1) is 5.64. The lowest BCUT2D eigenvalue weighted by molar-refractivity contribution is -0.146. The Balaban J connectivity index is 2.15. The van der Waals surface area contributed by atoms with E-state index < -0.39 is 0 Å². The van der Waals surface area contributed by atoms with Crippen LogP contribution in [0, 0.1) is 5.92 Å². The molecular weight excluding hydrogens is 156 g/mol. The van der Waals surface area contributed by atoms with Crippen LogP contribution in [0.15, 0.2) is 12.2 Å². The van der Waals surface area contributed by atoms with Gasteiger partial charge < -0.3 is 9.47 Å². The van der Waals surface area contributed by atoms with Crippen LogP contribution in [-0.4, -0.2) is 24.8 Å². The van der Waals surface area contributed by atoms with Gasteiger partial charge in [0.25, 0.3) is 0 Å². The van der Waals surface area contributed by atoms with Crippen LogP contribution in [0.1, 0.15) is 13.3 Å². The van der Waals surface area contributed by atoms with E-state index in [0.717, 1.165) is 6.42 Å². The highest BCUT2D eigenvalue weighted by molar-refractivity contribution is 5.74. The Hall–Kier alpha value is -0.830. The van der Waals surface area contributed by atoms with Crippen LogP contribution in [0.4, 0.5) is 0 Å². The maximum absolute atomic E-state index is 11.2. The molecule has 0 amide bonds. The van der Waals surface area contributed by atoms with E-state index in [9.17, 15) is 4.79 Å². The van der Waals surface area contributed by atoms with Gasteiger partial charge in [0, 0.05) is 0 Å². The number of hydrogen-bond acceptors (Lipinski definition) is 3. The molecule has 2 bridgehead atoms. The van der Waals surface area contributed by atoms with Crippen molar-refractivity contribution in [2.75, 3.05) is 7.11 Å². The summed E-state index contributed by atoms with van der Waals surface area (Å²) in [6.45, 7) is 1.99. The van der Waals surface area contributed by atoms with Crippen LogP contribution in [0.2, 0.25) is 0 Å². The SMILES string of the molecule is COC(=O)C1CC2(C)C=CC1O2. The monoisotopic (exact) mass is 168 g/mol. The fourth-order valence-corrected chi connectivity index (χ4v) is 1.94. The summed E-state index contributed by atoms with van der Waals surface area (Å²) in [6, 6.07) is 0. The van der Waals surface area contributed by atoms with Crippen molar-refractivity contribution in [1.82, 2.24) is 0 Å². The predicted molar refractivity (Wildman–Crippen MR) is 42.5 cm³/mol. The average Bonchev–Trinajstić information content (AvgIpc) is 2.57. The molecule has 12 heavy (non-hydrogen) atoms. The van der Waals surface area contributed by atoms with Crippen LogP contribution < -0.4 is 0 Å². The molecule has 0 aromatic carbocycles. The average molecular weight is 168 g/mol. The summed E-state index contributed by atoms with van der Waals surface area (Å²) in [5.41, 5.74) is -0.219. The van der Waals surface area contributed by atoms with E-state index in [4.69, 9.17) is 4.74 Å². The standard InChI is InChI=1S/C9H12O3/c1-9-4-3-7(12-9)6(5-9)8(10)11-2/h3-4,6-7H,5H2,1-2H3. The van der Waals surface area contributed by atoms with Gasteiger partial charge in [-0.2, -0.15) is 0 Å². The number of fused-ring (bicyclic) bond motifs is 2. The minimum absolute atomic E-state index is 0.0533. The Kier molecular flexibility index (Phi) is 1.51. The van der Waals surface area contributed by atoms with Gasteiger partial charge in [0.05, 0.1) is 24.7 Å². The molecular formula is C9H12O3. The zero-order chi connectivity index (χ0) is 8.77. The third-order valence-electron chi connectivity index (χ3n) is 2.57. The molecule has 3 unspecified atom stereocenters. The molecule has 0 aliphatic carbocycles. The topological polar surface area (TPSA) is 35.5 Å². The van der Waals surface area contributed by atoms with Crippen LogP contribution in [0.3, 0.4) is 0 Å². The quantitative estimate of drug-likeness (QED) is 0.431. The normalized spacial score (nSPS) is 43.5. The molecule has 1 fully saturated rings. The van der Waals surface area contributed by atoms with E-state index in [2.05, 4.69) is 4.74 Å². The number of methoxy groups -OCH3 is 1. The molecule has 66 valence electrons. The highest BCUT2D eigenvalue weighted by Crippen LogP contribution is 2.42. The highest BCUT2D eigenvalue weighted by atomic mass is 16.5. The van der Waals surface area contributed by atoms with Crippen molar-refractivity contribution in [2.24, 2.45) is 5.92 Å². The molecule has 3 nitrogen and oxygen atoms in total. The minimum atomic E-state index is -0.219. The summed E-state index contributed by atoms with van der Waals surface area (Å²) >= 11 is 0. The second kappa shape index (κ2) is 2.33. The van der Waals surface area contributed by atoms with Gasteiger partial charge >= 0.3 is 5.97 Å². The van der Waals surface area contributed by atoms with Crippen molar-refractivity contribution in [1.29, 1.82) is 0 Å². The van der Waals surface area contributed by atoms with E-state index in [1.54, 1.807) is 0 Å². The zero-order valence-electron chi connectivity index (χ0n) is 7.24. The van der Waals surface area contributed by atoms with Crippen molar-refractivity contribution in [2.45, 2.75) is 25.0 Å². The first-order valence-electron chi connectivity index (χ1n) is 4.10. The van der Waals surface area contributed by atoms with Crippen LogP contribution in [-0.2, 0) is 14.3 Å².